The molecule has 306 valence electrons. The molecule has 2 atom stereocenters. The van der Waals surface area contributed by atoms with E-state index in [4.69, 9.17) is 14.3 Å². The summed E-state index contributed by atoms with van der Waals surface area (Å²) in [6, 6.07) is 0. The molecular weight excluding hydrogens is 706 g/mol. The maximum Gasteiger partial charge on any atom is 0.482 e. The number of aliphatic hydroxyl groups is 2. The van der Waals surface area contributed by atoms with Crippen LogP contribution < -0.4 is 0 Å². The maximum atomic E-state index is 13.5. The summed E-state index contributed by atoms with van der Waals surface area (Å²) in [4.78, 5) is 55.4. The summed E-state index contributed by atoms with van der Waals surface area (Å²) >= 11 is 0. The molecule has 0 radical (unpaired) electrons. The summed E-state index contributed by atoms with van der Waals surface area (Å²) < 4.78 is 32.7. The first-order valence-corrected chi connectivity index (χ1v) is 23.3. The lowest BCUT2D eigenvalue weighted by molar-refractivity contribution is -0.164. The van der Waals surface area contributed by atoms with E-state index in [-0.39, 0.29) is 25.7 Å². The molecule has 0 fully saturated rings. The van der Waals surface area contributed by atoms with E-state index in [2.05, 4.69) is 42.5 Å². The van der Waals surface area contributed by atoms with Crippen LogP contribution in [-0.2, 0) is 27.6 Å². The second-order valence-electron chi connectivity index (χ2n) is 14.1. The van der Waals surface area contributed by atoms with Gasteiger partial charge in [-0.05, 0) is 64.2 Å². The van der Waals surface area contributed by atoms with Crippen molar-refractivity contribution in [3.8, 4) is 0 Å². The third-order valence-electron chi connectivity index (χ3n) is 9.27. The van der Waals surface area contributed by atoms with E-state index in [1.165, 1.54) is 77.0 Å². The van der Waals surface area contributed by atoms with Gasteiger partial charge in [-0.1, -0.05) is 141 Å². The van der Waals surface area contributed by atoms with Crippen LogP contribution in [0.25, 0.3) is 0 Å². The zero-order valence-electron chi connectivity index (χ0n) is 32.5. The zero-order chi connectivity index (χ0) is 39.0. The van der Waals surface area contributed by atoms with Crippen LogP contribution >= 0.6 is 15.6 Å². The summed E-state index contributed by atoms with van der Waals surface area (Å²) in [6.45, 7) is 3.25. The molecule has 52 heavy (non-hydrogen) atoms. The van der Waals surface area contributed by atoms with Gasteiger partial charge in [0.2, 0.25) is 5.60 Å². The van der Waals surface area contributed by atoms with E-state index in [0.29, 0.717) is 12.8 Å². The van der Waals surface area contributed by atoms with Gasteiger partial charge >= 0.3 is 15.6 Å². The van der Waals surface area contributed by atoms with Gasteiger partial charge in [-0.3, -0.25) is 14.1 Å². The first-order chi connectivity index (χ1) is 24.9. The first-order valence-electron chi connectivity index (χ1n) is 20.3. The Kier molecular flexibility index (Phi) is 31.6. The molecule has 0 saturated heterocycles. The highest BCUT2D eigenvalue weighted by Gasteiger charge is 2.56. The molecule has 0 aliphatic carbocycles. The number of hydrogen-bond donors (Lipinski definition) is 5. The fourth-order valence-electron chi connectivity index (χ4n) is 6.24. The van der Waals surface area contributed by atoms with Gasteiger partial charge in [0.15, 0.2) is 11.6 Å². The van der Waals surface area contributed by atoms with Crippen LogP contribution in [0.15, 0.2) is 24.3 Å². The quantitative estimate of drug-likeness (QED) is 0.0174. The Balaban J connectivity index is 4.93. The maximum absolute atomic E-state index is 13.5. The van der Waals surface area contributed by atoms with Crippen LogP contribution in [0, 0.1) is 0 Å². The molecule has 0 aliphatic heterocycles. The number of aliphatic hydroxyl groups excluding tert-OH is 2. The Morgan fingerprint density at radius 2 is 0.865 bits per heavy atom. The Bertz CT molecular complexity index is 1000. The summed E-state index contributed by atoms with van der Waals surface area (Å²) in [5.74, 6) is -2.10. The van der Waals surface area contributed by atoms with Crippen LogP contribution in [0.4, 0.5) is 0 Å². The molecule has 0 aromatic rings. The Hall–Kier alpha value is -1.00. The number of carbonyl (C=O) groups is 2. The Morgan fingerprint density at radius 1 is 0.558 bits per heavy atom. The molecule has 13 heteroatoms. The molecule has 0 saturated carbocycles. The van der Waals surface area contributed by atoms with Gasteiger partial charge in [-0.15, -0.1) is 0 Å². The van der Waals surface area contributed by atoms with Crippen molar-refractivity contribution in [3.63, 3.8) is 0 Å². The molecule has 0 spiro atoms. The molecule has 5 N–H and O–H groups in total. The second kappa shape index (κ2) is 32.3. The standard InChI is InChI=1S/C39H74O11P2/c1-3-5-7-9-11-13-15-17-19-21-23-25-27-29-31-33-36(41)39(38(43)35-40,49-52(47,48)50-51(44,45)46)37(42)34-32-30-28-26-24-22-20-18-16-14-12-10-8-6-4-2/h17-20,38,40,43H,3-16,21-35H2,1-2H3,(H,47,48)(H2,44,45,46). The van der Waals surface area contributed by atoms with Crippen LogP contribution in [-0.4, -0.2) is 54.8 Å². The van der Waals surface area contributed by atoms with Crippen LogP contribution in [0.1, 0.15) is 194 Å². The van der Waals surface area contributed by atoms with Crippen molar-refractivity contribution in [1.82, 2.24) is 0 Å². The predicted molar refractivity (Wildman–Crippen MR) is 209 cm³/mol. The van der Waals surface area contributed by atoms with Gasteiger partial charge in [-0.2, -0.15) is 4.31 Å². The van der Waals surface area contributed by atoms with Gasteiger partial charge in [0.1, 0.15) is 6.10 Å². The summed E-state index contributed by atoms with van der Waals surface area (Å²) in [6.07, 6.45) is 32.6. The lowest BCUT2D eigenvalue weighted by Crippen LogP contribution is -2.58. The average Bonchev–Trinajstić information content (AvgIpc) is 3.08. The topological polar surface area (TPSA) is 188 Å². The number of hydrogen-bond acceptors (Lipinski definition) is 8. The summed E-state index contributed by atoms with van der Waals surface area (Å²) in [5, 5.41) is 20.5. The lowest BCUT2D eigenvalue weighted by Gasteiger charge is -2.35. The number of Topliss-reactive ketones (excluding diaryl/α,β-unsaturated/α-hetero) is 2. The normalized spacial score (nSPS) is 15.3. The van der Waals surface area contributed by atoms with E-state index in [0.717, 1.165) is 64.2 Å². The monoisotopic (exact) mass is 780 g/mol. The minimum atomic E-state index is -5.75. The molecule has 2 unspecified atom stereocenters. The SMILES string of the molecule is CCCCCCCCC=CCCCCCCCC(=O)C(OP(=O)(O)OP(=O)(O)O)(C(=O)CCCCCCCC=CCCCCCCCC)C(O)CO. The van der Waals surface area contributed by atoms with Crippen LogP contribution in [0.5, 0.6) is 0 Å². The van der Waals surface area contributed by atoms with Gasteiger partial charge in [0, 0.05) is 12.8 Å². The van der Waals surface area contributed by atoms with E-state index in [9.17, 15) is 33.8 Å². The number of phosphoric acid groups is 2. The number of carbonyl (C=O) groups excluding carboxylic acids is 2. The van der Waals surface area contributed by atoms with Crippen molar-refractivity contribution < 1.29 is 52.4 Å². The first kappa shape index (κ1) is 51.0. The summed E-state index contributed by atoms with van der Waals surface area (Å²) in [5.41, 5.74) is -3.02. The molecule has 0 aliphatic rings. The predicted octanol–water partition coefficient (Wildman–Crippen LogP) is 10.5. The van der Waals surface area contributed by atoms with E-state index in [1.54, 1.807) is 0 Å². The van der Waals surface area contributed by atoms with Crippen molar-refractivity contribution >= 4 is 27.2 Å². The minimum Gasteiger partial charge on any atom is -0.394 e. The number of phosphoric ester groups is 1. The van der Waals surface area contributed by atoms with Crippen molar-refractivity contribution in [1.29, 1.82) is 0 Å². The smallest absolute Gasteiger partial charge is 0.394 e. The van der Waals surface area contributed by atoms with Gasteiger partial charge < -0.3 is 24.9 Å². The molecule has 0 rings (SSSR count). The molecule has 11 nitrogen and oxygen atoms in total. The second-order valence-corrected chi connectivity index (χ2v) is 16.8. The highest BCUT2D eigenvalue weighted by atomic mass is 31.3. The van der Waals surface area contributed by atoms with Crippen LogP contribution in [0.2, 0.25) is 0 Å². The Labute approximate surface area is 315 Å². The molecule has 0 heterocycles. The molecular formula is C39H74O11P2. The average molecular weight is 781 g/mol. The van der Waals surface area contributed by atoms with Crippen molar-refractivity contribution in [2.24, 2.45) is 0 Å². The fourth-order valence-corrected chi connectivity index (χ4v) is 8.13. The minimum absolute atomic E-state index is 0.283. The zero-order valence-corrected chi connectivity index (χ0v) is 34.3. The highest BCUT2D eigenvalue weighted by molar-refractivity contribution is 7.60. The van der Waals surface area contributed by atoms with Gasteiger partial charge in [0.25, 0.3) is 0 Å². The number of rotatable bonds is 38. The van der Waals surface area contributed by atoms with E-state index < -0.39 is 45.5 Å². The van der Waals surface area contributed by atoms with E-state index >= 15 is 0 Å². The van der Waals surface area contributed by atoms with Gasteiger partial charge in [-0.25, -0.2) is 9.13 Å². The number of allylic oxidation sites excluding steroid dienone is 4. The van der Waals surface area contributed by atoms with Crippen molar-refractivity contribution in [3.05, 3.63) is 24.3 Å². The molecule has 0 bridgehead atoms. The van der Waals surface area contributed by atoms with Crippen LogP contribution in [0.3, 0.4) is 0 Å². The Morgan fingerprint density at radius 3 is 1.17 bits per heavy atom. The largest absolute Gasteiger partial charge is 0.482 e. The molecule has 0 aromatic heterocycles. The van der Waals surface area contributed by atoms with Gasteiger partial charge in [0.05, 0.1) is 6.61 Å². The van der Waals surface area contributed by atoms with Crippen molar-refractivity contribution in [2.45, 2.75) is 205 Å². The summed E-state index contributed by atoms with van der Waals surface area (Å²) in [7, 11) is -11.3. The molecule has 0 amide bonds. The highest BCUT2D eigenvalue weighted by Crippen LogP contribution is 2.60. The molecule has 0 aromatic carbocycles. The van der Waals surface area contributed by atoms with Crippen molar-refractivity contribution in [2.75, 3.05) is 6.61 Å². The third-order valence-corrected chi connectivity index (χ3v) is 11.5. The third kappa shape index (κ3) is 26.7. The fraction of sp³-hybridized carbons (Fsp3) is 0.846. The number of unbranched alkanes of at least 4 members (excludes halogenated alkanes) is 22. The number of ketones is 2. The lowest BCUT2D eigenvalue weighted by atomic mass is 9.82. The van der Waals surface area contributed by atoms with E-state index in [1.807, 2.05) is 0 Å².